The molecule has 1 rings (SSSR count). The highest BCUT2D eigenvalue weighted by molar-refractivity contribution is 5.79. The van der Waals surface area contributed by atoms with Crippen molar-refractivity contribution in [1.29, 1.82) is 0 Å². The van der Waals surface area contributed by atoms with Crippen LogP contribution in [0.3, 0.4) is 0 Å². The number of carbonyl (C=O) groups is 1. The van der Waals surface area contributed by atoms with E-state index in [-0.39, 0.29) is 5.92 Å². The molecule has 0 bridgehead atoms. The molecule has 0 aromatic carbocycles. The molecule has 1 amide bonds. The molecule has 0 radical (unpaired) electrons. The summed E-state index contributed by atoms with van der Waals surface area (Å²) in [5.41, 5.74) is 0. The predicted octanol–water partition coefficient (Wildman–Crippen LogP) is 3.07. The Labute approximate surface area is 88.7 Å². The van der Waals surface area contributed by atoms with Gasteiger partial charge in [0.1, 0.15) is 0 Å². The summed E-state index contributed by atoms with van der Waals surface area (Å²) in [5, 5.41) is 0. The van der Waals surface area contributed by atoms with Crippen LogP contribution in [0.5, 0.6) is 0 Å². The molecule has 2 nitrogen and oxygen atoms in total. The molecular formula is C12H25NO. The van der Waals surface area contributed by atoms with Crippen LogP contribution in [0.1, 0.15) is 53.9 Å². The number of piperidine rings is 1. The van der Waals surface area contributed by atoms with Gasteiger partial charge in [-0.25, -0.2) is 0 Å². The number of hydrogen-bond donors (Lipinski definition) is 0. The zero-order valence-corrected chi connectivity index (χ0v) is 10.3. The maximum absolute atomic E-state index is 11.7. The lowest BCUT2D eigenvalue weighted by atomic mass is 9.92. The van der Waals surface area contributed by atoms with Gasteiger partial charge in [-0.15, -0.1) is 0 Å². The van der Waals surface area contributed by atoms with Crippen molar-refractivity contribution in [1.82, 2.24) is 4.90 Å². The lowest BCUT2D eigenvalue weighted by Crippen LogP contribution is -2.46. The average Bonchev–Trinajstić information content (AvgIpc) is 2.24. The Hall–Kier alpha value is -0.530. The Morgan fingerprint density at radius 1 is 1.29 bits per heavy atom. The van der Waals surface area contributed by atoms with Gasteiger partial charge in [0.2, 0.25) is 5.91 Å². The van der Waals surface area contributed by atoms with E-state index in [1.165, 1.54) is 6.42 Å². The van der Waals surface area contributed by atoms with Crippen LogP contribution in [0, 0.1) is 5.92 Å². The van der Waals surface area contributed by atoms with Crippen molar-refractivity contribution < 1.29 is 4.79 Å². The van der Waals surface area contributed by atoms with Gasteiger partial charge >= 0.3 is 0 Å². The molecule has 0 spiro atoms. The number of hydrogen-bond acceptors (Lipinski definition) is 1. The van der Waals surface area contributed by atoms with E-state index in [0.717, 1.165) is 19.4 Å². The quantitative estimate of drug-likeness (QED) is 0.669. The van der Waals surface area contributed by atoms with Gasteiger partial charge in [0.15, 0.2) is 0 Å². The third kappa shape index (κ3) is 3.00. The van der Waals surface area contributed by atoms with Gasteiger partial charge < -0.3 is 4.90 Å². The SMILES string of the molecule is CC.CCC1CCC(C)C(=O)N1CC. The topological polar surface area (TPSA) is 20.3 Å². The minimum absolute atomic E-state index is 0.257. The molecule has 0 aromatic rings. The summed E-state index contributed by atoms with van der Waals surface area (Å²) in [6, 6.07) is 0.513. The summed E-state index contributed by atoms with van der Waals surface area (Å²) in [6.07, 6.45) is 3.37. The van der Waals surface area contributed by atoms with Crippen LogP contribution in [0.2, 0.25) is 0 Å². The molecule has 1 saturated heterocycles. The van der Waals surface area contributed by atoms with Crippen molar-refractivity contribution in [3.8, 4) is 0 Å². The second-order valence-electron chi connectivity index (χ2n) is 3.66. The fourth-order valence-corrected chi connectivity index (χ4v) is 2.02. The number of carbonyl (C=O) groups excluding carboxylic acids is 1. The van der Waals surface area contributed by atoms with Crippen molar-refractivity contribution in [2.75, 3.05) is 6.54 Å². The van der Waals surface area contributed by atoms with E-state index in [0.29, 0.717) is 11.9 Å². The van der Waals surface area contributed by atoms with Gasteiger partial charge in [-0.2, -0.15) is 0 Å². The largest absolute Gasteiger partial charge is 0.340 e. The van der Waals surface area contributed by atoms with E-state index in [9.17, 15) is 4.79 Å². The summed E-state index contributed by atoms with van der Waals surface area (Å²) in [5.74, 6) is 0.614. The molecule has 2 unspecified atom stereocenters. The molecule has 84 valence electrons. The van der Waals surface area contributed by atoms with Crippen LogP contribution in [0.15, 0.2) is 0 Å². The van der Waals surface area contributed by atoms with Gasteiger partial charge in [-0.1, -0.05) is 27.7 Å². The molecule has 0 aromatic heterocycles. The summed E-state index contributed by atoms with van der Waals surface area (Å²) in [7, 11) is 0. The second kappa shape index (κ2) is 6.86. The Bertz CT molecular complexity index is 168. The van der Waals surface area contributed by atoms with Gasteiger partial charge in [0.05, 0.1) is 0 Å². The number of rotatable bonds is 2. The zero-order valence-electron chi connectivity index (χ0n) is 10.3. The maximum atomic E-state index is 11.7. The van der Waals surface area contributed by atoms with E-state index in [1.54, 1.807) is 0 Å². The Balaban J connectivity index is 0.000000791. The van der Waals surface area contributed by atoms with Crippen LogP contribution in [-0.4, -0.2) is 23.4 Å². The summed E-state index contributed by atoms with van der Waals surface area (Å²) in [4.78, 5) is 13.7. The first-order valence-electron chi connectivity index (χ1n) is 6.01. The first-order valence-corrected chi connectivity index (χ1v) is 6.01. The van der Waals surface area contributed by atoms with Crippen molar-refractivity contribution in [2.45, 2.75) is 59.9 Å². The van der Waals surface area contributed by atoms with Gasteiger partial charge in [-0.3, -0.25) is 4.79 Å². The smallest absolute Gasteiger partial charge is 0.225 e. The zero-order chi connectivity index (χ0) is 11.1. The number of amides is 1. The van der Waals surface area contributed by atoms with Crippen LogP contribution in [0.25, 0.3) is 0 Å². The average molecular weight is 199 g/mol. The monoisotopic (exact) mass is 199 g/mol. The Morgan fingerprint density at radius 3 is 2.29 bits per heavy atom. The molecular weight excluding hydrogens is 174 g/mol. The molecule has 0 aliphatic carbocycles. The highest BCUT2D eigenvalue weighted by Crippen LogP contribution is 2.24. The normalized spacial score (nSPS) is 26.9. The van der Waals surface area contributed by atoms with Crippen molar-refractivity contribution in [3.05, 3.63) is 0 Å². The van der Waals surface area contributed by atoms with Crippen molar-refractivity contribution in [2.24, 2.45) is 5.92 Å². The van der Waals surface area contributed by atoms with E-state index in [1.807, 2.05) is 25.7 Å². The van der Waals surface area contributed by atoms with E-state index in [4.69, 9.17) is 0 Å². The standard InChI is InChI=1S/C10H19NO.C2H6/c1-4-9-7-6-8(3)10(12)11(9)5-2;1-2/h8-9H,4-7H2,1-3H3;1-2H3. The maximum Gasteiger partial charge on any atom is 0.225 e. The minimum Gasteiger partial charge on any atom is -0.340 e. The lowest BCUT2D eigenvalue weighted by molar-refractivity contribution is -0.140. The summed E-state index contributed by atoms with van der Waals surface area (Å²) < 4.78 is 0. The summed E-state index contributed by atoms with van der Waals surface area (Å²) in [6.45, 7) is 11.1. The molecule has 14 heavy (non-hydrogen) atoms. The highest BCUT2D eigenvalue weighted by atomic mass is 16.2. The van der Waals surface area contributed by atoms with Crippen molar-refractivity contribution in [3.63, 3.8) is 0 Å². The van der Waals surface area contributed by atoms with Crippen molar-refractivity contribution >= 4 is 5.91 Å². The van der Waals surface area contributed by atoms with E-state index >= 15 is 0 Å². The van der Waals surface area contributed by atoms with E-state index in [2.05, 4.69) is 13.8 Å². The van der Waals surface area contributed by atoms with Gasteiger partial charge in [0, 0.05) is 18.5 Å². The summed E-state index contributed by atoms with van der Waals surface area (Å²) >= 11 is 0. The minimum atomic E-state index is 0.257. The molecule has 2 atom stereocenters. The van der Waals surface area contributed by atoms with Crippen LogP contribution in [-0.2, 0) is 4.79 Å². The number of likely N-dealkylation sites (tertiary alicyclic amines) is 1. The first-order chi connectivity index (χ1) is 6.70. The third-order valence-corrected chi connectivity index (χ3v) is 2.89. The molecule has 0 saturated carbocycles. The van der Waals surface area contributed by atoms with E-state index < -0.39 is 0 Å². The fourth-order valence-electron chi connectivity index (χ4n) is 2.02. The van der Waals surface area contributed by atoms with Crippen LogP contribution in [0.4, 0.5) is 0 Å². The fraction of sp³-hybridized carbons (Fsp3) is 0.917. The van der Waals surface area contributed by atoms with Gasteiger partial charge in [-0.05, 0) is 26.2 Å². The lowest BCUT2D eigenvalue weighted by Gasteiger charge is -2.37. The molecule has 1 aliphatic rings. The number of nitrogens with zero attached hydrogens (tertiary/aromatic N) is 1. The van der Waals surface area contributed by atoms with Gasteiger partial charge in [0.25, 0.3) is 0 Å². The Morgan fingerprint density at radius 2 is 1.86 bits per heavy atom. The van der Waals surface area contributed by atoms with Crippen LogP contribution < -0.4 is 0 Å². The molecule has 1 aliphatic heterocycles. The predicted molar refractivity (Wildman–Crippen MR) is 61.2 cm³/mol. The molecule has 0 N–H and O–H groups in total. The Kier molecular flexibility index (Phi) is 6.60. The molecule has 1 fully saturated rings. The second-order valence-corrected chi connectivity index (χ2v) is 3.66. The highest BCUT2D eigenvalue weighted by Gasteiger charge is 2.30. The molecule has 2 heteroatoms. The first kappa shape index (κ1) is 13.5. The van der Waals surface area contributed by atoms with Crippen LogP contribution >= 0.6 is 0 Å². The molecule has 1 heterocycles. The third-order valence-electron chi connectivity index (χ3n) is 2.89.